The number of ether oxygens (including phenoxy) is 1. The maximum absolute atomic E-state index is 11.8. The molecule has 0 aliphatic carbocycles. The van der Waals surface area contributed by atoms with Gasteiger partial charge < -0.3 is 15.8 Å². The van der Waals surface area contributed by atoms with Crippen LogP contribution in [0.1, 0.15) is 29.9 Å². The highest BCUT2D eigenvalue weighted by atomic mass is 16.5. The molecule has 7 heteroatoms. The van der Waals surface area contributed by atoms with Crippen molar-refractivity contribution >= 4 is 23.2 Å². The molecule has 0 bridgehead atoms. The van der Waals surface area contributed by atoms with Gasteiger partial charge in [0.25, 0.3) is 0 Å². The highest BCUT2D eigenvalue weighted by molar-refractivity contribution is 5.98. The predicted octanol–water partition coefficient (Wildman–Crippen LogP) is 1.88. The van der Waals surface area contributed by atoms with Gasteiger partial charge in [0.1, 0.15) is 0 Å². The van der Waals surface area contributed by atoms with Crippen LogP contribution in [-0.2, 0) is 18.2 Å². The highest BCUT2D eigenvalue weighted by Gasteiger charge is 2.16. The molecule has 2 aromatic heterocycles. The molecule has 0 unspecified atom stereocenters. The van der Waals surface area contributed by atoms with Gasteiger partial charge in [0.2, 0.25) is 0 Å². The Morgan fingerprint density at radius 1 is 1.48 bits per heavy atom. The number of hydrogen-bond donors (Lipinski definition) is 2. The number of nitrogens with zero attached hydrogens (tertiary/aromatic N) is 3. The third-order valence-corrected chi connectivity index (χ3v) is 2.98. The molecular formula is C14H19N5O2. The van der Waals surface area contributed by atoms with Crippen molar-refractivity contribution in [3.05, 3.63) is 29.7 Å². The van der Waals surface area contributed by atoms with Crippen LogP contribution in [0.5, 0.6) is 0 Å². The minimum atomic E-state index is -0.456. The topological polar surface area (TPSA) is 95.1 Å². The molecule has 0 radical (unpaired) electrons. The average molecular weight is 289 g/mol. The normalized spacial score (nSPS) is 10.4. The lowest BCUT2D eigenvalue weighted by molar-refractivity contribution is 0.0527. The zero-order valence-corrected chi connectivity index (χ0v) is 12.4. The van der Waals surface area contributed by atoms with Crippen molar-refractivity contribution in [1.82, 2.24) is 14.8 Å². The van der Waals surface area contributed by atoms with Gasteiger partial charge in [-0.3, -0.25) is 4.68 Å². The first kappa shape index (κ1) is 14.8. The van der Waals surface area contributed by atoms with Gasteiger partial charge in [-0.1, -0.05) is 6.92 Å². The van der Waals surface area contributed by atoms with E-state index in [1.165, 1.54) is 6.20 Å². The molecular weight excluding hydrogens is 270 g/mol. The van der Waals surface area contributed by atoms with Crippen molar-refractivity contribution in [2.45, 2.75) is 20.3 Å². The number of aromatic nitrogens is 3. The summed E-state index contributed by atoms with van der Waals surface area (Å²) < 4.78 is 6.69. The standard InChI is InChI=1S/C14H19N5O2/c1-4-10-11(8-19(3)18-10)17-13-12(15)9(6-7-16-13)14(20)21-5-2/h6-8H,4-5,15H2,1-3H3,(H,16,17). The van der Waals surface area contributed by atoms with Crippen molar-refractivity contribution in [2.75, 3.05) is 17.7 Å². The Morgan fingerprint density at radius 2 is 2.24 bits per heavy atom. The molecule has 7 nitrogen and oxygen atoms in total. The van der Waals surface area contributed by atoms with Crippen LogP contribution in [0.25, 0.3) is 0 Å². The number of hydrogen-bond acceptors (Lipinski definition) is 6. The summed E-state index contributed by atoms with van der Waals surface area (Å²) >= 11 is 0. The minimum absolute atomic E-state index is 0.266. The van der Waals surface area contributed by atoms with Crippen LogP contribution in [0.3, 0.4) is 0 Å². The SMILES string of the molecule is CCOC(=O)c1ccnc(Nc2cn(C)nc2CC)c1N. The Kier molecular flexibility index (Phi) is 4.42. The fraction of sp³-hybridized carbons (Fsp3) is 0.357. The molecule has 0 aromatic carbocycles. The highest BCUT2D eigenvalue weighted by Crippen LogP contribution is 2.26. The van der Waals surface area contributed by atoms with Gasteiger partial charge in [0.05, 0.1) is 29.2 Å². The summed E-state index contributed by atoms with van der Waals surface area (Å²) in [6.45, 7) is 4.06. The number of anilines is 3. The Bertz CT molecular complexity index is 651. The van der Waals surface area contributed by atoms with Gasteiger partial charge in [-0.25, -0.2) is 9.78 Å². The number of esters is 1. The summed E-state index contributed by atoms with van der Waals surface area (Å²) in [6.07, 6.45) is 4.14. The lowest BCUT2D eigenvalue weighted by Gasteiger charge is -2.11. The summed E-state index contributed by atoms with van der Waals surface area (Å²) in [5.74, 6) is -0.0365. The third kappa shape index (κ3) is 3.13. The molecule has 2 rings (SSSR count). The Labute approximate surface area is 123 Å². The van der Waals surface area contributed by atoms with E-state index >= 15 is 0 Å². The van der Waals surface area contributed by atoms with Crippen molar-refractivity contribution < 1.29 is 9.53 Å². The van der Waals surface area contributed by atoms with Crippen molar-refractivity contribution in [1.29, 1.82) is 0 Å². The average Bonchev–Trinajstić information content (AvgIpc) is 2.81. The lowest BCUT2D eigenvalue weighted by Crippen LogP contribution is -2.10. The van der Waals surface area contributed by atoms with Gasteiger partial charge in [-0.05, 0) is 19.4 Å². The minimum Gasteiger partial charge on any atom is -0.462 e. The largest absolute Gasteiger partial charge is 0.462 e. The van der Waals surface area contributed by atoms with E-state index in [1.807, 2.05) is 20.2 Å². The van der Waals surface area contributed by atoms with Gasteiger partial charge in [0, 0.05) is 19.4 Å². The maximum atomic E-state index is 11.8. The molecule has 2 heterocycles. The monoisotopic (exact) mass is 289 g/mol. The van der Waals surface area contributed by atoms with E-state index in [2.05, 4.69) is 15.4 Å². The van der Waals surface area contributed by atoms with E-state index in [-0.39, 0.29) is 5.69 Å². The number of aryl methyl sites for hydroxylation is 2. The van der Waals surface area contributed by atoms with Crippen LogP contribution < -0.4 is 11.1 Å². The van der Waals surface area contributed by atoms with Gasteiger partial charge in [0.15, 0.2) is 5.82 Å². The van der Waals surface area contributed by atoms with E-state index in [1.54, 1.807) is 17.7 Å². The summed E-state index contributed by atoms with van der Waals surface area (Å²) in [4.78, 5) is 16.0. The predicted molar refractivity (Wildman–Crippen MR) is 80.5 cm³/mol. The molecule has 3 N–H and O–H groups in total. The van der Waals surface area contributed by atoms with Crippen LogP contribution in [-0.4, -0.2) is 27.3 Å². The summed E-state index contributed by atoms with van der Waals surface area (Å²) in [5, 5.41) is 7.46. The van der Waals surface area contributed by atoms with Crippen molar-refractivity contribution in [3.63, 3.8) is 0 Å². The number of pyridine rings is 1. The molecule has 0 spiro atoms. The Morgan fingerprint density at radius 3 is 2.90 bits per heavy atom. The molecule has 0 aliphatic rings. The second kappa shape index (κ2) is 6.25. The second-order valence-electron chi connectivity index (χ2n) is 4.48. The summed E-state index contributed by atoms with van der Waals surface area (Å²) in [7, 11) is 1.84. The van der Waals surface area contributed by atoms with Crippen LogP contribution >= 0.6 is 0 Å². The fourth-order valence-electron chi connectivity index (χ4n) is 1.99. The van der Waals surface area contributed by atoms with Gasteiger partial charge in [-0.15, -0.1) is 0 Å². The maximum Gasteiger partial charge on any atom is 0.340 e. The zero-order chi connectivity index (χ0) is 15.4. The van der Waals surface area contributed by atoms with Crippen molar-refractivity contribution in [3.8, 4) is 0 Å². The number of carbonyl (C=O) groups excluding carboxylic acids is 1. The van der Waals surface area contributed by atoms with E-state index in [0.29, 0.717) is 18.0 Å². The van der Waals surface area contributed by atoms with Gasteiger partial charge in [-0.2, -0.15) is 5.10 Å². The van der Waals surface area contributed by atoms with Crippen LogP contribution in [0, 0.1) is 0 Å². The number of nitrogen functional groups attached to an aromatic ring is 1. The third-order valence-electron chi connectivity index (χ3n) is 2.98. The number of carbonyl (C=O) groups is 1. The first-order chi connectivity index (χ1) is 10.1. The van der Waals surface area contributed by atoms with Gasteiger partial charge >= 0.3 is 5.97 Å². The van der Waals surface area contributed by atoms with E-state index in [4.69, 9.17) is 10.5 Å². The van der Waals surface area contributed by atoms with Crippen LogP contribution in [0.4, 0.5) is 17.2 Å². The van der Waals surface area contributed by atoms with Crippen LogP contribution in [0.15, 0.2) is 18.5 Å². The van der Waals surface area contributed by atoms with E-state index < -0.39 is 5.97 Å². The number of nitrogens with one attached hydrogen (secondary N) is 1. The van der Waals surface area contributed by atoms with Crippen molar-refractivity contribution in [2.24, 2.45) is 7.05 Å². The molecule has 21 heavy (non-hydrogen) atoms. The Balaban J connectivity index is 2.32. The molecule has 0 saturated carbocycles. The second-order valence-corrected chi connectivity index (χ2v) is 4.48. The first-order valence-corrected chi connectivity index (χ1v) is 6.77. The van der Waals surface area contributed by atoms with Crippen LogP contribution in [0.2, 0.25) is 0 Å². The molecule has 2 aromatic rings. The molecule has 0 saturated heterocycles. The zero-order valence-electron chi connectivity index (χ0n) is 12.4. The Hall–Kier alpha value is -2.57. The van der Waals surface area contributed by atoms with E-state index in [0.717, 1.165) is 17.8 Å². The molecule has 112 valence electrons. The summed E-state index contributed by atoms with van der Waals surface area (Å²) in [6, 6.07) is 1.54. The van der Waals surface area contributed by atoms with E-state index in [9.17, 15) is 4.79 Å². The smallest absolute Gasteiger partial charge is 0.340 e. The fourth-order valence-corrected chi connectivity index (χ4v) is 1.99. The number of nitrogens with two attached hydrogens (primary N) is 1. The molecule has 0 atom stereocenters. The summed E-state index contributed by atoms with van der Waals surface area (Å²) in [5.41, 5.74) is 8.30. The first-order valence-electron chi connectivity index (χ1n) is 6.77. The number of rotatable bonds is 5. The molecule has 0 fully saturated rings. The quantitative estimate of drug-likeness (QED) is 0.816. The molecule has 0 aliphatic heterocycles. The lowest BCUT2D eigenvalue weighted by atomic mass is 10.2. The molecule has 0 amide bonds.